The molecule has 0 fully saturated rings. The van der Waals surface area contributed by atoms with Crippen LogP contribution in [0.25, 0.3) is 0 Å². The van der Waals surface area contributed by atoms with Gasteiger partial charge in [0.25, 0.3) is 0 Å². The number of aromatic nitrogens is 2. The second-order valence-corrected chi connectivity index (χ2v) is 3.93. The number of carboxylic acid groups (broad SMARTS) is 1. The van der Waals surface area contributed by atoms with Gasteiger partial charge in [-0.2, -0.15) is 4.98 Å². The molecule has 21 heavy (non-hydrogen) atoms. The van der Waals surface area contributed by atoms with Gasteiger partial charge < -0.3 is 9.84 Å². The predicted octanol–water partition coefficient (Wildman–Crippen LogP) is 2.32. The summed E-state index contributed by atoms with van der Waals surface area (Å²) in [6, 6.07) is 2.38. The van der Waals surface area contributed by atoms with E-state index in [-0.39, 0.29) is 23.0 Å². The molecule has 0 aliphatic heterocycles. The van der Waals surface area contributed by atoms with Gasteiger partial charge in [0, 0.05) is 18.3 Å². The molecule has 0 radical (unpaired) electrons. The van der Waals surface area contributed by atoms with Crippen LogP contribution in [0.5, 0.6) is 11.8 Å². The van der Waals surface area contributed by atoms with E-state index in [9.17, 15) is 19.3 Å². The molecule has 0 aliphatic carbocycles. The molecule has 0 amide bonds. The maximum absolute atomic E-state index is 13.1. The van der Waals surface area contributed by atoms with E-state index in [0.717, 1.165) is 24.4 Å². The third-order valence-electron chi connectivity index (χ3n) is 2.51. The maximum atomic E-state index is 13.1. The average Bonchev–Trinajstić information content (AvgIpc) is 2.37. The lowest BCUT2D eigenvalue weighted by Crippen LogP contribution is -2.05. The Morgan fingerprint density at radius 2 is 2.19 bits per heavy atom. The smallest absolute Gasteiger partial charge is 0.339 e. The minimum absolute atomic E-state index is 0.117. The topological polar surface area (TPSA) is 115 Å². The Labute approximate surface area is 117 Å². The first-order valence-electron chi connectivity index (χ1n) is 5.57. The van der Waals surface area contributed by atoms with Crippen LogP contribution in [-0.4, -0.2) is 26.0 Å². The Morgan fingerprint density at radius 3 is 2.76 bits per heavy atom. The number of benzene rings is 1. The van der Waals surface area contributed by atoms with E-state index >= 15 is 0 Å². The van der Waals surface area contributed by atoms with Crippen LogP contribution in [0.1, 0.15) is 16.1 Å². The van der Waals surface area contributed by atoms with E-state index in [4.69, 9.17) is 9.84 Å². The minimum Gasteiger partial charge on any atom is -0.478 e. The summed E-state index contributed by atoms with van der Waals surface area (Å²) in [5.41, 5.74) is -0.470. The first-order chi connectivity index (χ1) is 9.88. The number of hydrogen-bond donors (Lipinski definition) is 1. The highest BCUT2D eigenvalue weighted by molar-refractivity contribution is 5.88. The van der Waals surface area contributed by atoms with Gasteiger partial charge in [-0.15, -0.1) is 0 Å². The van der Waals surface area contributed by atoms with Gasteiger partial charge >= 0.3 is 17.7 Å². The number of nitro benzene ring substituents is 1. The summed E-state index contributed by atoms with van der Waals surface area (Å²) in [6.45, 7) is 1.41. The highest BCUT2D eigenvalue weighted by Gasteiger charge is 2.18. The number of carbonyl (C=O) groups is 1. The van der Waals surface area contributed by atoms with Gasteiger partial charge in [-0.1, -0.05) is 0 Å². The Hall–Kier alpha value is -3.10. The van der Waals surface area contributed by atoms with Gasteiger partial charge in [-0.25, -0.2) is 14.2 Å². The number of carboxylic acids is 1. The molecule has 0 saturated heterocycles. The Balaban J connectivity index is 2.38. The quantitative estimate of drug-likeness (QED) is 0.679. The molecule has 2 rings (SSSR count). The molecule has 0 atom stereocenters. The fourth-order valence-corrected chi connectivity index (χ4v) is 1.52. The van der Waals surface area contributed by atoms with Gasteiger partial charge in [0.1, 0.15) is 5.82 Å². The van der Waals surface area contributed by atoms with Crippen LogP contribution in [0.2, 0.25) is 0 Å². The summed E-state index contributed by atoms with van der Waals surface area (Å²) in [5.74, 6) is -2.31. The number of halogens is 1. The van der Waals surface area contributed by atoms with Crippen molar-refractivity contribution in [2.45, 2.75) is 6.92 Å². The zero-order valence-electron chi connectivity index (χ0n) is 10.6. The largest absolute Gasteiger partial charge is 0.478 e. The van der Waals surface area contributed by atoms with Crippen LogP contribution in [0.3, 0.4) is 0 Å². The van der Waals surface area contributed by atoms with E-state index in [1.54, 1.807) is 0 Å². The first kappa shape index (κ1) is 14.3. The molecule has 2 aromatic rings. The Morgan fingerprint density at radius 1 is 1.48 bits per heavy atom. The highest BCUT2D eigenvalue weighted by Crippen LogP contribution is 2.30. The Bertz CT molecular complexity index is 735. The van der Waals surface area contributed by atoms with E-state index in [1.165, 1.54) is 6.92 Å². The molecule has 108 valence electrons. The normalized spacial score (nSPS) is 10.2. The lowest BCUT2D eigenvalue weighted by molar-refractivity contribution is -0.385. The minimum atomic E-state index is -1.21. The van der Waals surface area contributed by atoms with Crippen LogP contribution in [0, 0.1) is 22.9 Å². The maximum Gasteiger partial charge on any atom is 0.339 e. The second-order valence-electron chi connectivity index (χ2n) is 3.93. The SMILES string of the molecule is Cc1nc(Oc2cc(F)ccc2[N+](=O)[O-])ncc1C(=O)O. The summed E-state index contributed by atoms with van der Waals surface area (Å²) in [4.78, 5) is 28.3. The number of aryl methyl sites for hydroxylation is 1. The monoisotopic (exact) mass is 293 g/mol. The van der Waals surface area contributed by atoms with Crippen molar-refractivity contribution < 1.29 is 24.0 Å². The first-order valence-corrected chi connectivity index (χ1v) is 5.57. The zero-order chi connectivity index (χ0) is 15.6. The number of ether oxygens (including phenoxy) is 1. The van der Waals surface area contributed by atoms with Crippen LogP contribution in [-0.2, 0) is 0 Å². The number of nitrogens with zero attached hydrogens (tertiary/aromatic N) is 3. The average molecular weight is 293 g/mol. The van der Waals surface area contributed by atoms with Crippen molar-refractivity contribution in [1.82, 2.24) is 9.97 Å². The van der Waals surface area contributed by atoms with Crippen LogP contribution < -0.4 is 4.74 Å². The number of aromatic carboxylic acids is 1. The summed E-state index contributed by atoms with van der Waals surface area (Å²) in [6.07, 6.45) is 1.01. The van der Waals surface area contributed by atoms with Crippen molar-refractivity contribution in [3.63, 3.8) is 0 Å². The second kappa shape index (κ2) is 5.49. The molecule has 0 bridgehead atoms. The van der Waals surface area contributed by atoms with Crippen molar-refractivity contribution in [3.05, 3.63) is 51.6 Å². The van der Waals surface area contributed by atoms with Crippen LogP contribution >= 0.6 is 0 Å². The molecule has 0 saturated carbocycles. The van der Waals surface area contributed by atoms with E-state index in [0.29, 0.717) is 0 Å². The van der Waals surface area contributed by atoms with Gasteiger partial charge in [0.05, 0.1) is 16.2 Å². The lowest BCUT2D eigenvalue weighted by atomic mass is 10.2. The summed E-state index contributed by atoms with van der Waals surface area (Å²) in [7, 11) is 0. The lowest BCUT2D eigenvalue weighted by Gasteiger charge is -2.06. The van der Waals surface area contributed by atoms with Crippen molar-refractivity contribution in [3.8, 4) is 11.8 Å². The predicted molar refractivity (Wildman–Crippen MR) is 66.9 cm³/mol. The molecule has 0 spiro atoms. The molecule has 8 nitrogen and oxygen atoms in total. The third-order valence-corrected chi connectivity index (χ3v) is 2.51. The van der Waals surface area contributed by atoms with Crippen molar-refractivity contribution in [2.24, 2.45) is 0 Å². The van der Waals surface area contributed by atoms with Gasteiger partial charge in [-0.05, 0) is 13.0 Å². The summed E-state index contributed by atoms with van der Waals surface area (Å²) >= 11 is 0. The molecule has 0 aliphatic rings. The van der Waals surface area contributed by atoms with Crippen LogP contribution in [0.15, 0.2) is 24.4 Å². The molecular weight excluding hydrogens is 285 g/mol. The summed E-state index contributed by atoms with van der Waals surface area (Å²) in [5, 5.41) is 19.7. The van der Waals surface area contributed by atoms with Gasteiger partial charge in [-0.3, -0.25) is 10.1 Å². The van der Waals surface area contributed by atoms with Crippen LogP contribution in [0.4, 0.5) is 10.1 Å². The fraction of sp³-hybridized carbons (Fsp3) is 0.0833. The number of nitro groups is 1. The van der Waals surface area contributed by atoms with E-state index in [1.807, 2.05) is 0 Å². The molecule has 1 aromatic heterocycles. The molecule has 9 heteroatoms. The molecular formula is C12H8FN3O5. The van der Waals surface area contributed by atoms with Gasteiger partial charge in [0.2, 0.25) is 5.75 Å². The van der Waals surface area contributed by atoms with Crippen molar-refractivity contribution in [2.75, 3.05) is 0 Å². The Kier molecular flexibility index (Phi) is 3.74. The molecule has 0 unspecified atom stereocenters. The number of rotatable bonds is 4. The zero-order valence-corrected chi connectivity index (χ0v) is 10.6. The van der Waals surface area contributed by atoms with E-state index < -0.39 is 22.4 Å². The van der Waals surface area contributed by atoms with Crippen molar-refractivity contribution in [1.29, 1.82) is 0 Å². The van der Waals surface area contributed by atoms with Gasteiger partial charge in [0.15, 0.2) is 0 Å². The molecule has 1 N–H and O–H groups in total. The summed E-state index contributed by atoms with van der Waals surface area (Å²) < 4.78 is 18.2. The van der Waals surface area contributed by atoms with E-state index in [2.05, 4.69) is 9.97 Å². The van der Waals surface area contributed by atoms with Crippen molar-refractivity contribution >= 4 is 11.7 Å². The molecule has 1 heterocycles. The highest BCUT2D eigenvalue weighted by atomic mass is 19.1. The standard InChI is InChI=1S/C12H8FN3O5/c1-6-8(11(17)18)5-14-12(15-6)21-10-4-7(13)2-3-9(10)16(19)20/h2-5H,1H3,(H,17,18). The fourth-order valence-electron chi connectivity index (χ4n) is 1.52. The third kappa shape index (κ3) is 3.08. The molecule has 1 aromatic carbocycles. The number of hydrogen-bond acceptors (Lipinski definition) is 6.